The number of halogens is 1. The lowest BCUT2D eigenvalue weighted by molar-refractivity contribution is 0.149. The molecule has 0 aliphatic heterocycles. The molecule has 0 saturated carbocycles. The van der Waals surface area contributed by atoms with Crippen molar-refractivity contribution in [2.45, 2.75) is 12.6 Å². The summed E-state index contributed by atoms with van der Waals surface area (Å²) in [5, 5.41) is 13.1. The number of benzene rings is 2. The normalized spacial score (nSPS) is 11.7. The van der Waals surface area contributed by atoms with Gasteiger partial charge in [0.2, 0.25) is 0 Å². The molecule has 0 aliphatic rings. The quantitative estimate of drug-likeness (QED) is 0.842. The third-order valence-electron chi connectivity index (χ3n) is 3.79. The van der Waals surface area contributed by atoms with Crippen molar-refractivity contribution in [3.63, 3.8) is 0 Å². The number of likely N-dealkylation sites (N-methyl/N-ethyl adjacent to an activating group) is 1. The Morgan fingerprint density at radius 1 is 1.29 bits per heavy atom. The lowest BCUT2D eigenvalue weighted by atomic mass is 10.1. The lowest BCUT2D eigenvalue weighted by Crippen LogP contribution is -2.40. The van der Waals surface area contributed by atoms with Crippen LogP contribution < -0.4 is 10.1 Å². The van der Waals surface area contributed by atoms with Crippen LogP contribution in [0.25, 0.3) is 0 Å². The third-order valence-corrected chi connectivity index (χ3v) is 4.03. The van der Waals surface area contributed by atoms with Gasteiger partial charge in [-0.05, 0) is 35.4 Å². The number of amides is 2. The zero-order chi connectivity index (χ0) is 17.5. The van der Waals surface area contributed by atoms with Crippen LogP contribution in [-0.4, -0.2) is 36.8 Å². The van der Waals surface area contributed by atoms with Gasteiger partial charge in [-0.15, -0.1) is 0 Å². The van der Waals surface area contributed by atoms with Crippen LogP contribution in [0.2, 0.25) is 5.02 Å². The maximum absolute atomic E-state index is 12.3. The topological polar surface area (TPSA) is 61.8 Å². The number of ether oxygens (including phenoxy) is 1. The van der Waals surface area contributed by atoms with E-state index in [9.17, 15) is 9.90 Å². The Labute approximate surface area is 146 Å². The second kappa shape index (κ2) is 8.57. The van der Waals surface area contributed by atoms with E-state index in [4.69, 9.17) is 16.3 Å². The largest absolute Gasteiger partial charge is 0.497 e. The summed E-state index contributed by atoms with van der Waals surface area (Å²) < 4.78 is 5.12. The predicted molar refractivity (Wildman–Crippen MR) is 94.3 cm³/mol. The maximum atomic E-state index is 12.3. The minimum atomic E-state index is -0.435. The van der Waals surface area contributed by atoms with Crippen LogP contribution in [0.4, 0.5) is 4.79 Å². The Hall–Kier alpha value is -2.24. The highest BCUT2D eigenvalue weighted by atomic mass is 35.5. The van der Waals surface area contributed by atoms with Crippen molar-refractivity contribution in [2.24, 2.45) is 0 Å². The second-order valence-corrected chi connectivity index (χ2v) is 5.81. The molecule has 6 heteroatoms. The SMILES string of the molecule is COc1ccc(C(CO)N(C)C(=O)NCc2cccc(Cl)c2)cc1. The Morgan fingerprint density at radius 3 is 2.58 bits per heavy atom. The number of aliphatic hydroxyl groups excluding tert-OH is 1. The number of methoxy groups -OCH3 is 1. The van der Waals surface area contributed by atoms with Gasteiger partial charge in [0.05, 0.1) is 19.8 Å². The van der Waals surface area contributed by atoms with Gasteiger partial charge >= 0.3 is 6.03 Å². The first-order chi connectivity index (χ1) is 11.5. The predicted octanol–water partition coefficient (Wildman–Crippen LogP) is 3.22. The number of aliphatic hydroxyl groups is 1. The van der Waals surface area contributed by atoms with E-state index in [2.05, 4.69) is 5.32 Å². The number of carbonyl (C=O) groups excluding carboxylic acids is 1. The summed E-state index contributed by atoms with van der Waals surface area (Å²) in [7, 11) is 3.24. The fourth-order valence-electron chi connectivity index (χ4n) is 2.37. The van der Waals surface area contributed by atoms with E-state index < -0.39 is 6.04 Å². The van der Waals surface area contributed by atoms with Crippen molar-refractivity contribution >= 4 is 17.6 Å². The first kappa shape index (κ1) is 18.1. The highest BCUT2D eigenvalue weighted by Crippen LogP contribution is 2.22. The molecule has 0 aromatic heterocycles. The Morgan fingerprint density at radius 2 is 2.00 bits per heavy atom. The molecular weight excluding hydrogens is 328 g/mol. The van der Waals surface area contributed by atoms with E-state index in [1.165, 1.54) is 4.90 Å². The number of hydrogen-bond acceptors (Lipinski definition) is 3. The van der Waals surface area contributed by atoms with Gasteiger partial charge in [-0.2, -0.15) is 0 Å². The number of carbonyl (C=O) groups is 1. The van der Waals surface area contributed by atoms with Crippen LogP contribution in [0.3, 0.4) is 0 Å². The lowest BCUT2D eigenvalue weighted by Gasteiger charge is -2.27. The van der Waals surface area contributed by atoms with Gasteiger partial charge in [0.25, 0.3) is 0 Å². The monoisotopic (exact) mass is 348 g/mol. The molecule has 0 fully saturated rings. The minimum absolute atomic E-state index is 0.173. The van der Waals surface area contributed by atoms with E-state index >= 15 is 0 Å². The van der Waals surface area contributed by atoms with Gasteiger partial charge in [-0.25, -0.2) is 4.79 Å². The summed E-state index contributed by atoms with van der Waals surface area (Å²) in [4.78, 5) is 13.8. The fourth-order valence-corrected chi connectivity index (χ4v) is 2.58. The molecule has 128 valence electrons. The fraction of sp³-hybridized carbons (Fsp3) is 0.278. The summed E-state index contributed by atoms with van der Waals surface area (Å²) >= 11 is 5.93. The molecule has 1 atom stereocenters. The third kappa shape index (κ3) is 4.63. The van der Waals surface area contributed by atoms with Gasteiger partial charge in [-0.1, -0.05) is 35.9 Å². The van der Waals surface area contributed by atoms with Crippen molar-refractivity contribution in [3.05, 3.63) is 64.7 Å². The van der Waals surface area contributed by atoms with E-state index in [1.807, 2.05) is 24.3 Å². The molecule has 0 aliphatic carbocycles. The van der Waals surface area contributed by atoms with Crippen molar-refractivity contribution in [1.82, 2.24) is 10.2 Å². The van der Waals surface area contributed by atoms with Crippen molar-refractivity contribution in [2.75, 3.05) is 20.8 Å². The van der Waals surface area contributed by atoms with Crippen molar-refractivity contribution < 1.29 is 14.6 Å². The van der Waals surface area contributed by atoms with Gasteiger partial charge < -0.3 is 20.1 Å². The summed E-state index contributed by atoms with van der Waals surface area (Å²) in [6.45, 7) is 0.192. The van der Waals surface area contributed by atoms with Crippen LogP contribution >= 0.6 is 11.6 Å². The highest BCUT2D eigenvalue weighted by molar-refractivity contribution is 6.30. The molecule has 0 heterocycles. The molecule has 24 heavy (non-hydrogen) atoms. The standard InChI is InChI=1S/C18H21ClN2O3/c1-21(17(12-22)14-6-8-16(24-2)9-7-14)18(23)20-11-13-4-3-5-15(19)10-13/h3-10,17,22H,11-12H2,1-2H3,(H,20,23). The average molecular weight is 349 g/mol. The average Bonchev–Trinajstić information content (AvgIpc) is 2.61. The molecular formula is C18H21ClN2O3. The zero-order valence-electron chi connectivity index (χ0n) is 13.7. The van der Waals surface area contributed by atoms with Crippen molar-refractivity contribution in [1.29, 1.82) is 0 Å². The molecule has 0 saturated heterocycles. The molecule has 2 rings (SSSR count). The molecule has 0 bridgehead atoms. The van der Waals surface area contributed by atoms with E-state index in [-0.39, 0.29) is 12.6 Å². The van der Waals surface area contributed by atoms with Gasteiger partial charge in [-0.3, -0.25) is 0 Å². The summed E-state index contributed by atoms with van der Waals surface area (Å²) in [6.07, 6.45) is 0. The second-order valence-electron chi connectivity index (χ2n) is 5.37. The van der Waals surface area contributed by atoms with Crippen LogP contribution in [0, 0.1) is 0 Å². The molecule has 1 unspecified atom stereocenters. The van der Waals surface area contributed by atoms with E-state index in [0.717, 1.165) is 16.9 Å². The number of nitrogens with one attached hydrogen (secondary N) is 1. The first-order valence-electron chi connectivity index (χ1n) is 7.55. The molecule has 2 N–H and O–H groups in total. The van der Waals surface area contributed by atoms with E-state index in [0.29, 0.717) is 11.6 Å². The van der Waals surface area contributed by atoms with Crippen LogP contribution in [0.1, 0.15) is 17.2 Å². The zero-order valence-corrected chi connectivity index (χ0v) is 14.5. The summed E-state index contributed by atoms with van der Waals surface area (Å²) in [6, 6.07) is 13.9. The molecule has 5 nitrogen and oxygen atoms in total. The van der Waals surface area contributed by atoms with Crippen LogP contribution in [0.5, 0.6) is 5.75 Å². The molecule has 0 radical (unpaired) electrons. The van der Waals surface area contributed by atoms with Gasteiger partial charge in [0, 0.05) is 18.6 Å². The summed E-state index contributed by atoms with van der Waals surface area (Å²) in [5.74, 6) is 0.725. The molecule has 2 amide bonds. The Balaban J connectivity index is 2.01. The van der Waals surface area contributed by atoms with E-state index in [1.54, 1.807) is 38.4 Å². The molecule has 2 aromatic carbocycles. The smallest absolute Gasteiger partial charge is 0.318 e. The first-order valence-corrected chi connectivity index (χ1v) is 7.93. The minimum Gasteiger partial charge on any atom is -0.497 e. The number of hydrogen-bond donors (Lipinski definition) is 2. The number of urea groups is 1. The van der Waals surface area contributed by atoms with Crippen molar-refractivity contribution in [3.8, 4) is 5.75 Å². The Kier molecular flexibility index (Phi) is 6.46. The molecule has 2 aromatic rings. The van der Waals surface area contributed by atoms with Gasteiger partial charge in [0.1, 0.15) is 5.75 Å². The Bertz CT molecular complexity index is 676. The maximum Gasteiger partial charge on any atom is 0.318 e. The number of rotatable bonds is 6. The summed E-state index contributed by atoms with van der Waals surface area (Å²) in [5.41, 5.74) is 1.74. The number of nitrogens with zero attached hydrogens (tertiary/aromatic N) is 1. The molecule has 0 spiro atoms. The van der Waals surface area contributed by atoms with Crippen LogP contribution in [-0.2, 0) is 6.54 Å². The van der Waals surface area contributed by atoms with Crippen LogP contribution in [0.15, 0.2) is 48.5 Å². The highest BCUT2D eigenvalue weighted by Gasteiger charge is 2.20. The van der Waals surface area contributed by atoms with Gasteiger partial charge in [0.15, 0.2) is 0 Å².